The average Bonchev–Trinajstić information content (AvgIpc) is 3.21. The molecule has 2 N–H and O–H groups in total. The summed E-state index contributed by atoms with van der Waals surface area (Å²) in [4.78, 5) is 25.4. The predicted octanol–water partition coefficient (Wildman–Crippen LogP) is 2.47. The molecule has 164 valence electrons. The molecule has 3 heterocycles. The summed E-state index contributed by atoms with van der Waals surface area (Å²) in [5.74, 6) is 1.42. The number of furan rings is 1. The molecule has 1 aliphatic rings. The van der Waals surface area contributed by atoms with E-state index in [0.717, 1.165) is 18.4 Å². The molecular formula is C22H22N6O4. The third-order valence-electron chi connectivity index (χ3n) is 5.34. The number of hydrogen-bond donors (Lipinski definition) is 2. The van der Waals surface area contributed by atoms with Gasteiger partial charge in [-0.05, 0) is 43.2 Å². The maximum absolute atomic E-state index is 12.8. The second-order valence-corrected chi connectivity index (χ2v) is 7.53. The van der Waals surface area contributed by atoms with Gasteiger partial charge in [0.05, 0.1) is 25.6 Å². The first-order valence-corrected chi connectivity index (χ1v) is 10.4. The van der Waals surface area contributed by atoms with E-state index in [1.165, 1.54) is 4.68 Å². The molecule has 1 aliphatic carbocycles. The van der Waals surface area contributed by atoms with E-state index in [-0.39, 0.29) is 30.7 Å². The van der Waals surface area contributed by atoms with Crippen LogP contribution in [0.2, 0.25) is 0 Å². The van der Waals surface area contributed by atoms with E-state index in [0.29, 0.717) is 28.7 Å². The van der Waals surface area contributed by atoms with Crippen molar-refractivity contribution < 1.29 is 13.9 Å². The highest BCUT2D eigenvalue weighted by atomic mass is 16.5. The van der Waals surface area contributed by atoms with Crippen LogP contribution >= 0.6 is 0 Å². The number of carbonyl (C=O) groups excluding carboxylic acids is 1. The summed E-state index contributed by atoms with van der Waals surface area (Å²) in [6.45, 7) is 0.479. The fourth-order valence-electron chi connectivity index (χ4n) is 3.60. The van der Waals surface area contributed by atoms with Crippen LogP contribution in [-0.2, 0) is 6.54 Å². The Hall–Kier alpha value is -4.08. The Bertz CT molecular complexity index is 1300. The monoisotopic (exact) mass is 434 g/mol. The minimum atomic E-state index is -0.320. The molecule has 5 rings (SSSR count). The first kappa shape index (κ1) is 19.9. The van der Waals surface area contributed by atoms with Crippen LogP contribution in [0.5, 0.6) is 5.75 Å². The highest BCUT2D eigenvalue weighted by Crippen LogP contribution is 2.36. The number of para-hydroxylation sites is 1. The summed E-state index contributed by atoms with van der Waals surface area (Å²) < 4.78 is 13.8. The van der Waals surface area contributed by atoms with Gasteiger partial charge in [-0.3, -0.25) is 14.5 Å². The second kappa shape index (κ2) is 8.22. The quantitative estimate of drug-likeness (QED) is 0.440. The lowest BCUT2D eigenvalue weighted by molar-refractivity contribution is 0.0946. The van der Waals surface area contributed by atoms with Crippen LogP contribution in [0.4, 0.5) is 0 Å². The number of H-pyrrole nitrogens is 1. The van der Waals surface area contributed by atoms with E-state index < -0.39 is 0 Å². The Morgan fingerprint density at radius 2 is 2.12 bits per heavy atom. The van der Waals surface area contributed by atoms with Crippen LogP contribution in [-0.4, -0.2) is 44.1 Å². The molecule has 32 heavy (non-hydrogen) atoms. The first-order valence-electron chi connectivity index (χ1n) is 10.4. The third kappa shape index (κ3) is 3.70. The summed E-state index contributed by atoms with van der Waals surface area (Å²) >= 11 is 0. The summed E-state index contributed by atoms with van der Waals surface area (Å²) in [5, 5.41) is 14.2. The van der Waals surface area contributed by atoms with Crippen molar-refractivity contribution in [2.75, 3.05) is 13.7 Å². The summed E-state index contributed by atoms with van der Waals surface area (Å²) in [6, 6.07) is 12.8. The van der Waals surface area contributed by atoms with E-state index in [1.54, 1.807) is 36.1 Å². The largest absolute Gasteiger partial charge is 0.496 e. The van der Waals surface area contributed by atoms with Gasteiger partial charge in [-0.2, -0.15) is 5.10 Å². The number of aromatic amines is 1. The fraction of sp³-hybridized carbons (Fsp3) is 0.273. The van der Waals surface area contributed by atoms with Gasteiger partial charge in [0.2, 0.25) is 5.82 Å². The highest BCUT2D eigenvalue weighted by Gasteiger charge is 2.31. The Labute approximate surface area is 182 Å². The van der Waals surface area contributed by atoms with Crippen molar-refractivity contribution in [1.82, 2.24) is 29.9 Å². The number of nitrogens with one attached hydrogen (secondary N) is 2. The van der Waals surface area contributed by atoms with Crippen LogP contribution in [0.15, 0.2) is 57.9 Å². The van der Waals surface area contributed by atoms with Crippen molar-refractivity contribution in [3.05, 3.63) is 64.9 Å². The standard InChI is InChI=1S/C22H22N6O4/c1-31-18-6-3-2-5-15(18)16-13-17(25-24-16)21(29)23-10-11-27-22(30)28(14-8-9-14)20(26-27)19-7-4-12-32-19/h2-7,12-14H,8-11H2,1H3,(H,23,29)(H,24,25). The minimum absolute atomic E-state index is 0.157. The molecule has 0 saturated heterocycles. The molecule has 10 heteroatoms. The molecule has 3 aromatic heterocycles. The first-order chi connectivity index (χ1) is 15.7. The van der Waals surface area contributed by atoms with E-state index >= 15 is 0 Å². The summed E-state index contributed by atoms with van der Waals surface area (Å²) in [5.41, 5.74) is 1.51. The zero-order chi connectivity index (χ0) is 22.1. The van der Waals surface area contributed by atoms with Gasteiger partial charge in [-0.25, -0.2) is 9.48 Å². The van der Waals surface area contributed by atoms with Gasteiger partial charge >= 0.3 is 5.69 Å². The molecule has 4 aromatic rings. The van der Waals surface area contributed by atoms with Crippen LogP contribution in [0.25, 0.3) is 22.8 Å². The van der Waals surface area contributed by atoms with Crippen LogP contribution in [0.1, 0.15) is 29.4 Å². The van der Waals surface area contributed by atoms with Crippen LogP contribution in [0, 0.1) is 0 Å². The number of amides is 1. The average molecular weight is 434 g/mol. The molecule has 0 radical (unpaired) electrons. The Kier molecular flexibility index (Phi) is 5.10. The van der Waals surface area contributed by atoms with Gasteiger partial charge in [0, 0.05) is 18.2 Å². The third-order valence-corrected chi connectivity index (χ3v) is 5.34. The van der Waals surface area contributed by atoms with Crippen molar-refractivity contribution in [2.24, 2.45) is 0 Å². The Balaban J connectivity index is 1.27. The Morgan fingerprint density at radius 1 is 1.28 bits per heavy atom. The highest BCUT2D eigenvalue weighted by molar-refractivity contribution is 5.93. The molecule has 1 aromatic carbocycles. The molecule has 0 spiro atoms. The molecule has 0 atom stereocenters. The van der Waals surface area contributed by atoms with Crippen molar-refractivity contribution in [3.8, 4) is 28.6 Å². The normalized spacial score (nSPS) is 13.3. The number of methoxy groups -OCH3 is 1. The molecule has 0 aliphatic heterocycles. The van der Waals surface area contributed by atoms with E-state index in [2.05, 4.69) is 20.6 Å². The number of hydrogen-bond acceptors (Lipinski definition) is 6. The number of carbonyl (C=O) groups is 1. The van der Waals surface area contributed by atoms with Gasteiger partial charge < -0.3 is 14.5 Å². The number of rotatable bonds is 8. The van der Waals surface area contributed by atoms with Crippen LogP contribution in [0.3, 0.4) is 0 Å². The molecular weight excluding hydrogens is 412 g/mol. The molecule has 1 saturated carbocycles. The van der Waals surface area contributed by atoms with E-state index in [9.17, 15) is 9.59 Å². The topological polar surface area (TPSA) is 120 Å². The number of ether oxygens (including phenoxy) is 1. The van der Waals surface area contributed by atoms with Gasteiger partial charge in [0.15, 0.2) is 5.76 Å². The second-order valence-electron chi connectivity index (χ2n) is 7.53. The number of benzene rings is 1. The molecule has 10 nitrogen and oxygen atoms in total. The Morgan fingerprint density at radius 3 is 2.88 bits per heavy atom. The smallest absolute Gasteiger partial charge is 0.346 e. The molecule has 0 bridgehead atoms. The van der Waals surface area contributed by atoms with Crippen LogP contribution < -0.4 is 15.7 Å². The molecule has 1 fully saturated rings. The van der Waals surface area contributed by atoms with Gasteiger partial charge in [0.1, 0.15) is 11.4 Å². The van der Waals surface area contributed by atoms with Gasteiger partial charge in [0.25, 0.3) is 5.91 Å². The predicted molar refractivity (Wildman–Crippen MR) is 115 cm³/mol. The number of aromatic nitrogens is 5. The molecule has 0 unspecified atom stereocenters. The maximum atomic E-state index is 12.8. The zero-order valence-corrected chi connectivity index (χ0v) is 17.4. The SMILES string of the molecule is COc1ccccc1-c1cc(C(=O)NCCn2nc(-c3ccco3)n(C3CC3)c2=O)[nH]n1. The summed E-state index contributed by atoms with van der Waals surface area (Å²) in [7, 11) is 1.59. The lowest BCUT2D eigenvalue weighted by Gasteiger charge is -2.04. The summed E-state index contributed by atoms with van der Waals surface area (Å²) in [6.07, 6.45) is 3.45. The number of nitrogens with zero attached hydrogens (tertiary/aromatic N) is 4. The lowest BCUT2D eigenvalue weighted by Crippen LogP contribution is -2.32. The molecule has 1 amide bonds. The minimum Gasteiger partial charge on any atom is -0.496 e. The van der Waals surface area contributed by atoms with Crippen molar-refractivity contribution in [1.29, 1.82) is 0 Å². The van der Waals surface area contributed by atoms with Crippen molar-refractivity contribution >= 4 is 5.91 Å². The maximum Gasteiger partial charge on any atom is 0.346 e. The zero-order valence-electron chi connectivity index (χ0n) is 17.4. The van der Waals surface area contributed by atoms with Crippen molar-refractivity contribution in [2.45, 2.75) is 25.4 Å². The van der Waals surface area contributed by atoms with Gasteiger partial charge in [-0.15, -0.1) is 5.10 Å². The van der Waals surface area contributed by atoms with Gasteiger partial charge in [-0.1, -0.05) is 12.1 Å². The van der Waals surface area contributed by atoms with E-state index in [4.69, 9.17) is 9.15 Å². The van der Waals surface area contributed by atoms with E-state index in [1.807, 2.05) is 24.3 Å². The fourth-order valence-corrected chi connectivity index (χ4v) is 3.60. The van der Waals surface area contributed by atoms with Crippen molar-refractivity contribution in [3.63, 3.8) is 0 Å². The lowest BCUT2D eigenvalue weighted by atomic mass is 10.1.